The summed E-state index contributed by atoms with van der Waals surface area (Å²) in [6.45, 7) is 5.52. The van der Waals surface area contributed by atoms with E-state index in [0.717, 1.165) is 6.54 Å². The Morgan fingerprint density at radius 3 is 2.87 bits per heavy atom. The maximum atomic E-state index is 10.5. The Labute approximate surface area is 93.6 Å². The summed E-state index contributed by atoms with van der Waals surface area (Å²) in [6, 6.07) is 0.353. The molecule has 1 aromatic heterocycles. The predicted molar refractivity (Wildman–Crippen MR) is 59.9 cm³/mol. The first-order chi connectivity index (χ1) is 7.09. The fraction of sp³-hybridized carbons (Fsp3) is 0.600. The number of hydrogen-bond donors (Lipinski definition) is 1. The number of nitrogens with zero attached hydrogens (tertiary/aromatic N) is 2. The van der Waals surface area contributed by atoms with E-state index in [4.69, 9.17) is 5.11 Å². The molecule has 0 bridgehead atoms. The van der Waals surface area contributed by atoms with Crippen molar-refractivity contribution in [1.29, 1.82) is 0 Å². The molecule has 0 atom stereocenters. The zero-order valence-corrected chi connectivity index (χ0v) is 9.83. The molecule has 1 rings (SSSR count). The minimum atomic E-state index is -0.745. The largest absolute Gasteiger partial charge is 0.481 e. The van der Waals surface area contributed by atoms with E-state index in [2.05, 4.69) is 23.7 Å². The van der Waals surface area contributed by atoms with Gasteiger partial charge in [0.2, 0.25) is 0 Å². The average molecular weight is 228 g/mol. The maximum absolute atomic E-state index is 10.5. The van der Waals surface area contributed by atoms with E-state index in [0.29, 0.717) is 12.6 Å². The quantitative estimate of drug-likeness (QED) is 0.807. The van der Waals surface area contributed by atoms with E-state index >= 15 is 0 Å². The number of thiazole rings is 1. The number of aromatic nitrogens is 1. The summed E-state index contributed by atoms with van der Waals surface area (Å²) < 4.78 is 0. The van der Waals surface area contributed by atoms with E-state index in [1.165, 1.54) is 4.88 Å². The molecule has 5 heteroatoms. The van der Waals surface area contributed by atoms with E-state index in [-0.39, 0.29) is 6.42 Å². The summed E-state index contributed by atoms with van der Waals surface area (Å²) in [5, 5.41) is 8.63. The molecule has 1 aromatic rings. The van der Waals surface area contributed by atoms with Gasteiger partial charge < -0.3 is 5.11 Å². The van der Waals surface area contributed by atoms with E-state index in [9.17, 15) is 4.79 Å². The van der Waals surface area contributed by atoms with E-state index in [1.807, 2.05) is 6.20 Å². The Morgan fingerprint density at radius 2 is 2.40 bits per heavy atom. The highest BCUT2D eigenvalue weighted by molar-refractivity contribution is 7.09. The Kier molecular flexibility index (Phi) is 4.71. The van der Waals surface area contributed by atoms with Crippen molar-refractivity contribution in [2.75, 3.05) is 6.54 Å². The number of aliphatic carboxylic acids is 1. The smallest absolute Gasteiger partial charge is 0.304 e. The highest BCUT2D eigenvalue weighted by atomic mass is 32.1. The Balaban J connectivity index is 2.47. The molecule has 0 aliphatic heterocycles. The molecule has 1 heterocycles. The van der Waals surface area contributed by atoms with Gasteiger partial charge in [0.1, 0.15) is 0 Å². The molecule has 0 saturated carbocycles. The summed E-state index contributed by atoms with van der Waals surface area (Å²) in [7, 11) is 0. The summed E-state index contributed by atoms with van der Waals surface area (Å²) in [5.41, 5.74) is 1.80. The van der Waals surface area contributed by atoms with Crippen molar-refractivity contribution in [2.24, 2.45) is 0 Å². The van der Waals surface area contributed by atoms with Crippen LogP contribution in [0, 0.1) is 0 Å². The second-order valence-corrected chi connectivity index (χ2v) is 4.65. The van der Waals surface area contributed by atoms with Crippen LogP contribution in [0.3, 0.4) is 0 Å². The van der Waals surface area contributed by atoms with Gasteiger partial charge in [-0.25, -0.2) is 0 Å². The van der Waals surface area contributed by atoms with Crippen LogP contribution < -0.4 is 0 Å². The van der Waals surface area contributed by atoms with E-state index < -0.39 is 5.97 Å². The monoisotopic (exact) mass is 228 g/mol. The highest BCUT2D eigenvalue weighted by Gasteiger charge is 2.12. The first kappa shape index (κ1) is 12.1. The summed E-state index contributed by atoms with van der Waals surface area (Å²) in [6.07, 6.45) is 2.03. The lowest BCUT2D eigenvalue weighted by atomic mass is 10.2. The first-order valence-electron chi connectivity index (χ1n) is 4.93. The fourth-order valence-corrected chi connectivity index (χ4v) is 1.90. The van der Waals surface area contributed by atoms with Crippen LogP contribution in [0.15, 0.2) is 11.7 Å². The Morgan fingerprint density at radius 1 is 1.67 bits per heavy atom. The topological polar surface area (TPSA) is 53.4 Å². The van der Waals surface area contributed by atoms with Gasteiger partial charge in [-0.05, 0) is 13.8 Å². The van der Waals surface area contributed by atoms with Crippen molar-refractivity contribution < 1.29 is 9.90 Å². The summed E-state index contributed by atoms with van der Waals surface area (Å²) in [4.78, 5) is 17.8. The molecule has 0 aliphatic rings. The molecule has 0 amide bonds. The van der Waals surface area contributed by atoms with Gasteiger partial charge in [-0.15, -0.1) is 11.3 Å². The second-order valence-electron chi connectivity index (χ2n) is 3.68. The molecular formula is C10H16N2O2S. The maximum Gasteiger partial charge on any atom is 0.304 e. The number of carboxylic acids is 1. The predicted octanol–water partition coefficient (Wildman–Crippen LogP) is 1.83. The molecule has 0 aromatic carbocycles. The van der Waals surface area contributed by atoms with Crippen LogP contribution in [0.25, 0.3) is 0 Å². The molecule has 0 aliphatic carbocycles. The van der Waals surface area contributed by atoms with Crippen LogP contribution in [0.2, 0.25) is 0 Å². The highest BCUT2D eigenvalue weighted by Crippen LogP contribution is 2.12. The van der Waals surface area contributed by atoms with Crippen LogP contribution in [0.5, 0.6) is 0 Å². The van der Waals surface area contributed by atoms with Crippen molar-refractivity contribution in [3.63, 3.8) is 0 Å². The number of carbonyl (C=O) groups is 1. The first-order valence-corrected chi connectivity index (χ1v) is 5.80. The molecule has 1 N–H and O–H groups in total. The lowest BCUT2D eigenvalue weighted by Gasteiger charge is -2.24. The minimum Gasteiger partial charge on any atom is -0.481 e. The third-order valence-electron chi connectivity index (χ3n) is 2.19. The Hall–Kier alpha value is -0.940. The molecule has 0 unspecified atom stereocenters. The number of rotatable bonds is 6. The summed E-state index contributed by atoms with van der Waals surface area (Å²) in [5.74, 6) is -0.745. The SMILES string of the molecule is CC(C)N(CCC(=O)O)Cc1cncs1. The molecule has 84 valence electrons. The molecule has 0 spiro atoms. The molecule has 4 nitrogen and oxygen atoms in total. The third kappa shape index (κ3) is 4.40. The zero-order valence-electron chi connectivity index (χ0n) is 9.01. The normalized spacial score (nSPS) is 11.2. The van der Waals surface area contributed by atoms with Gasteiger partial charge in [0, 0.05) is 30.2 Å². The Bertz CT molecular complexity index is 298. The van der Waals surface area contributed by atoms with Gasteiger partial charge in [0.25, 0.3) is 0 Å². The number of hydrogen-bond acceptors (Lipinski definition) is 4. The number of carboxylic acid groups (broad SMARTS) is 1. The average Bonchev–Trinajstić information content (AvgIpc) is 2.63. The lowest BCUT2D eigenvalue weighted by Crippen LogP contribution is -2.32. The van der Waals surface area contributed by atoms with E-state index in [1.54, 1.807) is 16.8 Å². The molecule has 0 saturated heterocycles. The summed E-state index contributed by atoms with van der Waals surface area (Å²) >= 11 is 1.60. The fourth-order valence-electron chi connectivity index (χ4n) is 1.28. The molecular weight excluding hydrogens is 212 g/mol. The molecule has 0 fully saturated rings. The van der Waals surface area contributed by atoms with Crippen LogP contribution in [0.4, 0.5) is 0 Å². The van der Waals surface area contributed by atoms with Crippen LogP contribution in [0.1, 0.15) is 25.1 Å². The standard InChI is InChI=1S/C10H16N2O2S/c1-8(2)12(4-3-10(13)14)6-9-5-11-7-15-9/h5,7-8H,3-4,6H2,1-2H3,(H,13,14). The van der Waals surface area contributed by atoms with Crippen LogP contribution >= 0.6 is 11.3 Å². The van der Waals surface area contributed by atoms with Crippen molar-refractivity contribution >= 4 is 17.3 Å². The third-order valence-corrected chi connectivity index (χ3v) is 2.95. The van der Waals surface area contributed by atoms with Crippen LogP contribution in [-0.2, 0) is 11.3 Å². The van der Waals surface area contributed by atoms with Crippen molar-refractivity contribution in [2.45, 2.75) is 32.9 Å². The van der Waals surface area contributed by atoms with Gasteiger partial charge in [-0.2, -0.15) is 0 Å². The minimum absolute atomic E-state index is 0.191. The van der Waals surface area contributed by atoms with Gasteiger partial charge in [-0.1, -0.05) is 0 Å². The molecule has 15 heavy (non-hydrogen) atoms. The van der Waals surface area contributed by atoms with Crippen molar-refractivity contribution in [3.8, 4) is 0 Å². The van der Waals surface area contributed by atoms with Gasteiger partial charge >= 0.3 is 5.97 Å². The van der Waals surface area contributed by atoms with Gasteiger partial charge in [0.05, 0.1) is 11.9 Å². The van der Waals surface area contributed by atoms with Gasteiger partial charge in [0.15, 0.2) is 0 Å². The van der Waals surface area contributed by atoms with Gasteiger partial charge in [-0.3, -0.25) is 14.7 Å². The lowest BCUT2D eigenvalue weighted by molar-refractivity contribution is -0.137. The van der Waals surface area contributed by atoms with Crippen molar-refractivity contribution in [3.05, 3.63) is 16.6 Å². The van der Waals surface area contributed by atoms with Crippen LogP contribution in [-0.4, -0.2) is 33.5 Å². The molecule has 0 radical (unpaired) electrons. The zero-order chi connectivity index (χ0) is 11.3. The second kappa shape index (κ2) is 5.82. The van der Waals surface area contributed by atoms with Crippen molar-refractivity contribution in [1.82, 2.24) is 9.88 Å².